The van der Waals surface area contributed by atoms with E-state index in [1.807, 2.05) is 0 Å². The van der Waals surface area contributed by atoms with Gasteiger partial charge in [-0.2, -0.15) is 4.39 Å². The SMILES string of the molecule is CCCC1CCC(C2CCC(CCc3ccc(-c4ccc(OCC)c(F)c4F)c(F)c3F)CO2)CC1. The quantitative estimate of drug-likeness (QED) is 0.317. The van der Waals surface area contributed by atoms with Crippen molar-refractivity contribution in [3.63, 3.8) is 0 Å². The van der Waals surface area contributed by atoms with Gasteiger partial charge in [0.05, 0.1) is 12.7 Å². The zero-order valence-electron chi connectivity index (χ0n) is 21.4. The molecule has 2 aliphatic rings. The van der Waals surface area contributed by atoms with Crippen LogP contribution in [0.5, 0.6) is 5.75 Å². The summed E-state index contributed by atoms with van der Waals surface area (Å²) in [6.45, 7) is 4.74. The molecule has 2 nitrogen and oxygen atoms in total. The third kappa shape index (κ3) is 6.07. The Morgan fingerprint density at radius 1 is 0.750 bits per heavy atom. The molecular weight excluding hydrogens is 468 g/mol. The van der Waals surface area contributed by atoms with E-state index < -0.39 is 23.3 Å². The number of hydrogen-bond donors (Lipinski definition) is 0. The lowest BCUT2D eigenvalue weighted by Gasteiger charge is -2.38. The zero-order chi connectivity index (χ0) is 25.7. The third-order valence-electron chi connectivity index (χ3n) is 8.14. The zero-order valence-corrected chi connectivity index (χ0v) is 21.4. The Morgan fingerprint density at radius 3 is 2.06 bits per heavy atom. The van der Waals surface area contributed by atoms with Crippen LogP contribution >= 0.6 is 0 Å². The standard InChI is InChI=1S/C30H38F4O2/c1-3-5-19-6-10-21(11-7-19)25-16-9-20(18-36-25)8-12-22-13-14-23(28(32)27(22)31)24-15-17-26(35-4-2)30(34)29(24)33/h13-15,17,19-21,25H,3-12,16,18H2,1-2H3. The van der Waals surface area contributed by atoms with E-state index in [-0.39, 0.29) is 29.0 Å². The molecule has 2 unspecified atom stereocenters. The Bertz CT molecular complexity index is 1010. The molecule has 1 aliphatic carbocycles. The summed E-state index contributed by atoms with van der Waals surface area (Å²) >= 11 is 0. The van der Waals surface area contributed by atoms with Crippen LogP contribution in [-0.2, 0) is 11.2 Å². The molecule has 2 atom stereocenters. The summed E-state index contributed by atoms with van der Waals surface area (Å²) in [4.78, 5) is 0. The summed E-state index contributed by atoms with van der Waals surface area (Å²) in [5.41, 5.74) is -0.373. The molecule has 0 radical (unpaired) electrons. The smallest absolute Gasteiger partial charge is 0.201 e. The second-order valence-corrected chi connectivity index (χ2v) is 10.5. The first-order valence-corrected chi connectivity index (χ1v) is 13.6. The number of halogens is 4. The van der Waals surface area contributed by atoms with Crippen molar-refractivity contribution in [3.8, 4) is 16.9 Å². The van der Waals surface area contributed by atoms with Crippen molar-refractivity contribution >= 4 is 0 Å². The highest BCUT2D eigenvalue weighted by Gasteiger charge is 2.31. The fourth-order valence-corrected chi connectivity index (χ4v) is 6.04. The summed E-state index contributed by atoms with van der Waals surface area (Å²) in [5, 5.41) is 0. The van der Waals surface area contributed by atoms with Gasteiger partial charge in [0.2, 0.25) is 5.82 Å². The molecule has 0 amide bonds. The van der Waals surface area contributed by atoms with E-state index in [9.17, 15) is 17.6 Å². The fourth-order valence-electron chi connectivity index (χ4n) is 6.04. The molecule has 0 spiro atoms. The second kappa shape index (κ2) is 12.4. The minimum atomic E-state index is -1.25. The first-order valence-electron chi connectivity index (χ1n) is 13.6. The number of aryl methyl sites for hydroxylation is 1. The van der Waals surface area contributed by atoms with Crippen LogP contribution in [0.3, 0.4) is 0 Å². The van der Waals surface area contributed by atoms with Gasteiger partial charge in [-0.05, 0) is 80.9 Å². The molecule has 0 aromatic heterocycles. The van der Waals surface area contributed by atoms with Crippen LogP contribution in [0, 0.1) is 41.0 Å². The molecule has 1 heterocycles. The number of hydrogen-bond acceptors (Lipinski definition) is 2. The fraction of sp³-hybridized carbons (Fsp3) is 0.600. The van der Waals surface area contributed by atoms with Gasteiger partial charge in [0.15, 0.2) is 23.2 Å². The maximum Gasteiger partial charge on any atom is 0.201 e. The van der Waals surface area contributed by atoms with Gasteiger partial charge in [0.25, 0.3) is 0 Å². The minimum Gasteiger partial charge on any atom is -0.491 e. The normalized spacial score (nSPS) is 24.6. The van der Waals surface area contributed by atoms with Gasteiger partial charge < -0.3 is 9.47 Å². The Kier molecular flexibility index (Phi) is 9.32. The molecule has 198 valence electrons. The highest BCUT2D eigenvalue weighted by Crippen LogP contribution is 2.38. The van der Waals surface area contributed by atoms with Crippen LogP contribution in [0.4, 0.5) is 17.6 Å². The molecule has 2 fully saturated rings. The molecule has 1 saturated heterocycles. The first kappa shape index (κ1) is 27.0. The van der Waals surface area contributed by atoms with Gasteiger partial charge in [-0.15, -0.1) is 0 Å². The van der Waals surface area contributed by atoms with Crippen LogP contribution in [0.2, 0.25) is 0 Å². The molecule has 2 aromatic rings. The summed E-state index contributed by atoms with van der Waals surface area (Å²) in [5.74, 6) is -3.01. The predicted molar refractivity (Wildman–Crippen MR) is 134 cm³/mol. The summed E-state index contributed by atoms with van der Waals surface area (Å²) in [6, 6.07) is 5.25. The van der Waals surface area contributed by atoms with E-state index in [2.05, 4.69) is 6.92 Å². The molecule has 0 bridgehead atoms. The molecular formula is C30H38F4O2. The Hall–Kier alpha value is -2.08. The Labute approximate surface area is 212 Å². The van der Waals surface area contributed by atoms with E-state index in [4.69, 9.17) is 9.47 Å². The first-order chi connectivity index (χ1) is 17.4. The van der Waals surface area contributed by atoms with Gasteiger partial charge in [0.1, 0.15) is 0 Å². The lowest BCUT2D eigenvalue weighted by atomic mass is 9.76. The molecule has 0 N–H and O–H groups in total. The second-order valence-electron chi connectivity index (χ2n) is 10.5. The summed E-state index contributed by atoms with van der Waals surface area (Å²) in [6.07, 6.45) is 11.2. The number of rotatable bonds is 9. The monoisotopic (exact) mass is 506 g/mol. The van der Waals surface area contributed by atoms with Crippen molar-refractivity contribution in [2.75, 3.05) is 13.2 Å². The van der Waals surface area contributed by atoms with Gasteiger partial charge in [-0.25, -0.2) is 13.2 Å². The Balaban J connectivity index is 1.32. The molecule has 6 heteroatoms. The van der Waals surface area contributed by atoms with Gasteiger partial charge >= 0.3 is 0 Å². The molecule has 36 heavy (non-hydrogen) atoms. The lowest BCUT2D eigenvalue weighted by Crippen LogP contribution is -2.34. The minimum absolute atomic E-state index is 0.167. The average Bonchev–Trinajstić information content (AvgIpc) is 2.89. The van der Waals surface area contributed by atoms with Crippen LogP contribution in [0.25, 0.3) is 11.1 Å². The molecule has 2 aromatic carbocycles. The lowest BCUT2D eigenvalue weighted by molar-refractivity contribution is -0.0594. The van der Waals surface area contributed by atoms with E-state index in [0.717, 1.165) is 18.8 Å². The third-order valence-corrected chi connectivity index (χ3v) is 8.14. The van der Waals surface area contributed by atoms with E-state index in [1.165, 1.54) is 62.8 Å². The van der Waals surface area contributed by atoms with Crippen molar-refractivity contribution in [2.45, 2.75) is 84.2 Å². The van der Waals surface area contributed by atoms with Crippen molar-refractivity contribution in [1.29, 1.82) is 0 Å². The maximum atomic E-state index is 14.9. The van der Waals surface area contributed by atoms with Crippen molar-refractivity contribution < 1.29 is 27.0 Å². The number of benzene rings is 2. The molecule has 4 rings (SSSR count). The van der Waals surface area contributed by atoms with Crippen LogP contribution < -0.4 is 4.74 Å². The van der Waals surface area contributed by atoms with Gasteiger partial charge in [-0.1, -0.05) is 44.7 Å². The predicted octanol–water partition coefficient (Wildman–Crippen LogP) is 8.64. The van der Waals surface area contributed by atoms with E-state index in [0.29, 0.717) is 37.4 Å². The topological polar surface area (TPSA) is 18.5 Å². The van der Waals surface area contributed by atoms with Crippen molar-refractivity contribution in [1.82, 2.24) is 0 Å². The average molecular weight is 507 g/mol. The number of ether oxygens (including phenoxy) is 2. The molecule has 1 aliphatic heterocycles. The molecule has 1 saturated carbocycles. The largest absolute Gasteiger partial charge is 0.491 e. The van der Waals surface area contributed by atoms with Gasteiger partial charge in [0, 0.05) is 17.7 Å². The van der Waals surface area contributed by atoms with Crippen LogP contribution in [0.1, 0.15) is 77.2 Å². The highest BCUT2D eigenvalue weighted by molar-refractivity contribution is 5.66. The summed E-state index contributed by atoms with van der Waals surface area (Å²) < 4.78 is 69.8. The summed E-state index contributed by atoms with van der Waals surface area (Å²) in [7, 11) is 0. The van der Waals surface area contributed by atoms with Gasteiger partial charge in [-0.3, -0.25) is 0 Å². The highest BCUT2D eigenvalue weighted by atomic mass is 19.2. The Morgan fingerprint density at radius 2 is 1.42 bits per heavy atom. The van der Waals surface area contributed by atoms with E-state index >= 15 is 0 Å². The van der Waals surface area contributed by atoms with Crippen molar-refractivity contribution in [3.05, 3.63) is 53.1 Å². The van der Waals surface area contributed by atoms with Crippen LogP contribution in [-0.4, -0.2) is 19.3 Å². The van der Waals surface area contributed by atoms with E-state index in [1.54, 1.807) is 6.92 Å². The van der Waals surface area contributed by atoms with Crippen LogP contribution in [0.15, 0.2) is 24.3 Å². The maximum absolute atomic E-state index is 14.9. The van der Waals surface area contributed by atoms with Crippen molar-refractivity contribution in [2.24, 2.45) is 17.8 Å².